The monoisotopic (exact) mass is 332 g/mol. The van der Waals surface area contributed by atoms with Crippen LogP contribution in [0, 0.1) is 6.92 Å². The molecular formula is C17H21ClN4O. The van der Waals surface area contributed by atoms with Gasteiger partial charge in [0.1, 0.15) is 6.10 Å². The summed E-state index contributed by atoms with van der Waals surface area (Å²) in [6.07, 6.45) is 1.68. The molecule has 1 fully saturated rings. The zero-order valence-corrected chi connectivity index (χ0v) is 14.2. The zero-order chi connectivity index (χ0) is 16.2. The van der Waals surface area contributed by atoms with Crippen molar-refractivity contribution in [2.45, 2.75) is 19.6 Å². The summed E-state index contributed by atoms with van der Waals surface area (Å²) in [4.78, 5) is 11.3. The summed E-state index contributed by atoms with van der Waals surface area (Å²) >= 11 is 5.89. The van der Waals surface area contributed by atoms with Gasteiger partial charge in [0.15, 0.2) is 0 Å². The Morgan fingerprint density at radius 2 is 2.26 bits per heavy atom. The minimum absolute atomic E-state index is 0.0111. The average Bonchev–Trinajstić information content (AvgIpc) is 2.56. The van der Waals surface area contributed by atoms with Crippen LogP contribution < -0.4 is 5.32 Å². The molecule has 1 saturated heterocycles. The van der Waals surface area contributed by atoms with Crippen molar-refractivity contribution >= 4 is 17.3 Å². The molecule has 2 aromatic heterocycles. The molecule has 1 aliphatic rings. The number of aryl methyl sites for hydroxylation is 1. The van der Waals surface area contributed by atoms with Crippen LogP contribution in [0.5, 0.6) is 0 Å². The Labute approximate surface area is 141 Å². The van der Waals surface area contributed by atoms with Crippen LogP contribution in [0.3, 0.4) is 0 Å². The number of rotatable bonds is 4. The van der Waals surface area contributed by atoms with Gasteiger partial charge in [-0.05, 0) is 31.2 Å². The largest absolute Gasteiger partial charge is 0.388 e. The SMILES string of the molecule is CNc1cc(C)nc([C@@H]2CN(Cc3ccc(Cl)cn3)CCO2)c1. The minimum Gasteiger partial charge on any atom is -0.388 e. The summed E-state index contributed by atoms with van der Waals surface area (Å²) in [5, 5.41) is 3.84. The molecule has 0 radical (unpaired) electrons. The van der Waals surface area contributed by atoms with E-state index in [1.54, 1.807) is 6.20 Å². The van der Waals surface area contributed by atoms with Crippen molar-refractivity contribution in [3.63, 3.8) is 0 Å². The smallest absolute Gasteiger partial charge is 0.112 e. The highest BCUT2D eigenvalue weighted by Crippen LogP contribution is 2.24. The third-order valence-corrected chi connectivity index (χ3v) is 4.14. The second-order valence-corrected chi connectivity index (χ2v) is 6.17. The number of halogens is 1. The van der Waals surface area contributed by atoms with Gasteiger partial charge in [-0.3, -0.25) is 14.9 Å². The van der Waals surface area contributed by atoms with Crippen molar-refractivity contribution in [1.29, 1.82) is 0 Å². The van der Waals surface area contributed by atoms with Crippen molar-refractivity contribution < 1.29 is 4.74 Å². The summed E-state index contributed by atoms with van der Waals surface area (Å²) in [6.45, 7) is 5.20. The van der Waals surface area contributed by atoms with E-state index in [1.807, 2.05) is 32.2 Å². The molecule has 1 aliphatic heterocycles. The van der Waals surface area contributed by atoms with E-state index in [0.29, 0.717) is 11.6 Å². The van der Waals surface area contributed by atoms with Crippen molar-refractivity contribution in [2.24, 2.45) is 0 Å². The summed E-state index contributed by atoms with van der Waals surface area (Å²) < 4.78 is 5.93. The van der Waals surface area contributed by atoms with Gasteiger partial charge in [0, 0.05) is 44.3 Å². The van der Waals surface area contributed by atoms with Crippen LogP contribution >= 0.6 is 11.6 Å². The Balaban J connectivity index is 1.70. The second-order valence-electron chi connectivity index (χ2n) is 5.73. The first kappa shape index (κ1) is 16.2. The van der Waals surface area contributed by atoms with Crippen molar-refractivity contribution in [3.05, 3.63) is 52.6 Å². The quantitative estimate of drug-likeness (QED) is 0.932. The van der Waals surface area contributed by atoms with Gasteiger partial charge in [0.25, 0.3) is 0 Å². The molecule has 0 saturated carbocycles. The number of hydrogen-bond donors (Lipinski definition) is 1. The fraction of sp³-hybridized carbons (Fsp3) is 0.412. The number of nitrogens with zero attached hydrogens (tertiary/aromatic N) is 3. The Kier molecular flexibility index (Phi) is 5.10. The maximum Gasteiger partial charge on any atom is 0.112 e. The van der Waals surface area contributed by atoms with Crippen LogP contribution in [0.15, 0.2) is 30.5 Å². The first-order chi connectivity index (χ1) is 11.1. The van der Waals surface area contributed by atoms with Crippen LogP contribution in [0.2, 0.25) is 5.02 Å². The summed E-state index contributed by atoms with van der Waals surface area (Å²) in [6, 6.07) is 7.93. The number of morpholine rings is 1. The molecule has 122 valence electrons. The van der Waals surface area contributed by atoms with Crippen LogP contribution in [-0.2, 0) is 11.3 Å². The first-order valence-corrected chi connectivity index (χ1v) is 8.12. The molecule has 3 heterocycles. The Morgan fingerprint density at radius 1 is 1.39 bits per heavy atom. The van der Waals surface area contributed by atoms with Crippen LogP contribution in [0.25, 0.3) is 0 Å². The molecule has 2 aromatic rings. The number of aromatic nitrogens is 2. The molecule has 0 aliphatic carbocycles. The molecule has 0 aromatic carbocycles. The third kappa shape index (κ3) is 4.19. The Bertz CT molecular complexity index is 662. The van der Waals surface area contributed by atoms with Gasteiger partial charge in [-0.15, -0.1) is 0 Å². The van der Waals surface area contributed by atoms with Crippen molar-refractivity contribution in [3.8, 4) is 0 Å². The first-order valence-electron chi connectivity index (χ1n) is 7.75. The normalized spacial score (nSPS) is 18.8. The van der Waals surface area contributed by atoms with E-state index >= 15 is 0 Å². The molecule has 5 nitrogen and oxygen atoms in total. The van der Waals surface area contributed by atoms with Gasteiger partial charge in [0.2, 0.25) is 0 Å². The lowest BCUT2D eigenvalue weighted by atomic mass is 10.1. The standard InChI is InChI=1S/C17H21ClN4O/c1-12-7-15(19-2)8-16(21-12)17-11-22(5-6-23-17)10-14-4-3-13(18)9-20-14/h3-4,7-9,17H,5-6,10-11H2,1-2H3,(H,19,21)/t17-/m0/s1. The number of hydrogen-bond acceptors (Lipinski definition) is 5. The van der Waals surface area contributed by atoms with Gasteiger partial charge < -0.3 is 10.1 Å². The maximum absolute atomic E-state index is 5.93. The number of anilines is 1. The second kappa shape index (κ2) is 7.25. The van der Waals surface area contributed by atoms with Gasteiger partial charge in [0.05, 0.1) is 23.0 Å². The highest BCUT2D eigenvalue weighted by molar-refractivity contribution is 6.30. The molecule has 0 unspecified atom stereocenters. The van der Waals surface area contributed by atoms with Gasteiger partial charge in [-0.2, -0.15) is 0 Å². The molecule has 1 N–H and O–H groups in total. The highest BCUT2D eigenvalue weighted by atomic mass is 35.5. The van der Waals surface area contributed by atoms with Gasteiger partial charge >= 0.3 is 0 Å². The lowest BCUT2D eigenvalue weighted by Crippen LogP contribution is -2.38. The average molecular weight is 333 g/mol. The summed E-state index contributed by atoms with van der Waals surface area (Å²) in [7, 11) is 1.92. The predicted molar refractivity (Wildman–Crippen MR) is 91.7 cm³/mol. The van der Waals surface area contributed by atoms with E-state index < -0.39 is 0 Å². The van der Waals surface area contributed by atoms with Crippen molar-refractivity contribution in [1.82, 2.24) is 14.9 Å². The van der Waals surface area contributed by atoms with E-state index in [9.17, 15) is 0 Å². The Morgan fingerprint density at radius 3 is 3.00 bits per heavy atom. The Hall–Kier alpha value is -1.69. The molecule has 0 amide bonds. The summed E-state index contributed by atoms with van der Waals surface area (Å²) in [5.74, 6) is 0. The molecule has 23 heavy (non-hydrogen) atoms. The molecule has 1 atom stereocenters. The molecular weight excluding hydrogens is 312 g/mol. The van der Waals surface area contributed by atoms with Crippen LogP contribution in [0.1, 0.15) is 23.2 Å². The fourth-order valence-electron chi connectivity index (χ4n) is 2.76. The van der Waals surface area contributed by atoms with E-state index in [1.165, 1.54) is 0 Å². The summed E-state index contributed by atoms with van der Waals surface area (Å²) in [5.41, 5.74) is 4.05. The van der Waals surface area contributed by atoms with E-state index in [2.05, 4.69) is 26.3 Å². The van der Waals surface area contributed by atoms with Crippen LogP contribution in [0.4, 0.5) is 5.69 Å². The highest BCUT2D eigenvalue weighted by Gasteiger charge is 2.23. The number of nitrogens with one attached hydrogen (secondary N) is 1. The maximum atomic E-state index is 5.93. The number of ether oxygens (including phenoxy) is 1. The lowest BCUT2D eigenvalue weighted by Gasteiger charge is -2.32. The van der Waals surface area contributed by atoms with Gasteiger partial charge in [-0.25, -0.2) is 0 Å². The van der Waals surface area contributed by atoms with E-state index in [-0.39, 0.29) is 6.10 Å². The van der Waals surface area contributed by atoms with E-state index in [4.69, 9.17) is 16.3 Å². The van der Waals surface area contributed by atoms with Crippen LogP contribution in [-0.4, -0.2) is 41.6 Å². The minimum atomic E-state index is -0.0111. The molecule has 0 bridgehead atoms. The molecule has 0 spiro atoms. The number of pyridine rings is 2. The molecule has 6 heteroatoms. The fourth-order valence-corrected chi connectivity index (χ4v) is 2.87. The third-order valence-electron chi connectivity index (χ3n) is 3.92. The van der Waals surface area contributed by atoms with E-state index in [0.717, 1.165) is 42.4 Å². The lowest BCUT2D eigenvalue weighted by molar-refractivity contribution is -0.0353. The van der Waals surface area contributed by atoms with Gasteiger partial charge in [-0.1, -0.05) is 11.6 Å². The zero-order valence-electron chi connectivity index (χ0n) is 13.4. The predicted octanol–water partition coefficient (Wildman–Crippen LogP) is 3.05. The van der Waals surface area contributed by atoms with Crippen molar-refractivity contribution in [2.75, 3.05) is 32.1 Å². The topological polar surface area (TPSA) is 50.3 Å². The molecule has 3 rings (SSSR count).